The van der Waals surface area contributed by atoms with E-state index in [2.05, 4.69) is 16.2 Å². The van der Waals surface area contributed by atoms with Gasteiger partial charge in [0.25, 0.3) is 5.89 Å². The molecule has 0 bridgehead atoms. The number of nitriles is 1. The van der Waals surface area contributed by atoms with Gasteiger partial charge >= 0.3 is 0 Å². The maximum atomic E-state index is 8.70. The van der Waals surface area contributed by atoms with Crippen LogP contribution in [-0.4, -0.2) is 29.1 Å². The zero-order chi connectivity index (χ0) is 12.3. The van der Waals surface area contributed by atoms with E-state index in [1.54, 1.807) is 24.3 Å². The molecule has 0 amide bonds. The molecule has 5 heteroatoms. The summed E-state index contributed by atoms with van der Waals surface area (Å²) in [6.45, 7) is 0.639. The second kappa shape index (κ2) is 4.76. The number of hydrogen-bond donors (Lipinski definition) is 0. The van der Waals surface area contributed by atoms with Gasteiger partial charge < -0.3 is 9.42 Å². The molecular weight excluding hydrogens is 216 g/mol. The minimum atomic E-state index is 0.478. The van der Waals surface area contributed by atoms with Gasteiger partial charge in [-0.2, -0.15) is 10.2 Å². The first-order valence-corrected chi connectivity index (χ1v) is 5.17. The van der Waals surface area contributed by atoms with Gasteiger partial charge in [-0.15, -0.1) is 0 Å². The normalized spacial score (nSPS) is 10.5. The molecule has 0 saturated heterocycles. The number of nitrogens with zero attached hydrogens (tertiary/aromatic N) is 4. The van der Waals surface area contributed by atoms with Gasteiger partial charge in [0.1, 0.15) is 0 Å². The first kappa shape index (κ1) is 11.3. The highest BCUT2D eigenvalue weighted by molar-refractivity contribution is 5.54. The molecule has 86 valence electrons. The summed E-state index contributed by atoms with van der Waals surface area (Å²) in [5.74, 6) is 1.13. The van der Waals surface area contributed by atoms with Crippen LogP contribution in [0.3, 0.4) is 0 Å². The summed E-state index contributed by atoms with van der Waals surface area (Å²) in [7, 11) is 3.88. The number of hydrogen-bond acceptors (Lipinski definition) is 5. The smallest absolute Gasteiger partial charge is 0.257 e. The molecule has 0 fully saturated rings. The molecule has 1 heterocycles. The lowest BCUT2D eigenvalue weighted by molar-refractivity contribution is 0.365. The average molecular weight is 228 g/mol. The largest absolute Gasteiger partial charge is 0.334 e. The van der Waals surface area contributed by atoms with Gasteiger partial charge in [-0.1, -0.05) is 5.16 Å². The van der Waals surface area contributed by atoms with Crippen LogP contribution in [0.1, 0.15) is 11.4 Å². The van der Waals surface area contributed by atoms with Crippen molar-refractivity contribution in [3.8, 4) is 17.5 Å². The van der Waals surface area contributed by atoms with Crippen molar-refractivity contribution in [1.82, 2.24) is 15.0 Å². The summed E-state index contributed by atoms with van der Waals surface area (Å²) >= 11 is 0. The molecule has 1 aromatic carbocycles. The maximum absolute atomic E-state index is 8.70. The van der Waals surface area contributed by atoms with Crippen molar-refractivity contribution in [2.24, 2.45) is 0 Å². The maximum Gasteiger partial charge on any atom is 0.257 e. The highest BCUT2D eigenvalue weighted by Crippen LogP contribution is 2.17. The fourth-order valence-corrected chi connectivity index (χ4v) is 1.41. The SMILES string of the molecule is CN(C)Cc1noc(-c2ccc(C#N)cc2)n1. The first-order chi connectivity index (χ1) is 8.19. The molecular formula is C12H12N4O. The minimum absolute atomic E-state index is 0.478. The molecule has 0 aliphatic heterocycles. The Morgan fingerprint density at radius 2 is 2.00 bits per heavy atom. The Morgan fingerprint density at radius 1 is 1.29 bits per heavy atom. The Bertz CT molecular complexity index is 536. The standard InChI is InChI=1S/C12H12N4O/c1-16(2)8-11-14-12(17-15-11)10-5-3-9(7-13)4-6-10/h3-6H,8H2,1-2H3. The fraction of sp³-hybridized carbons (Fsp3) is 0.250. The average Bonchev–Trinajstić information content (AvgIpc) is 2.77. The second-order valence-corrected chi connectivity index (χ2v) is 3.94. The molecule has 2 aromatic rings. The topological polar surface area (TPSA) is 66.0 Å². The second-order valence-electron chi connectivity index (χ2n) is 3.94. The minimum Gasteiger partial charge on any atom is -0.334 e. The van der Waals surface area contributed by atoms with E-state index in [0.29, 0.717) is 23.8 Å². The van der Waals surface area contributed by atoms with Crippen LogP contribution in [0.2, 0.25) is 0 Å². The molecule has 5 nitrogen and oxygen atoms in total. The van der Waals surface area contributed by atoms with E-state index in [0.717, 1.165) is 5.56 Å². The van der Waals surface area contributed by atoms with E-state index in [9.17, 15) is 0 Å². The van der Waals surface area contributed by atoms with Gasteiger partial charge in [0.2, 0.25) is 0 Å². The Balaban J connectivity index is 2.22. The van der Waals surface area contributed by atoms with Crippen LogP contribution in [0.4, 0.5) is 0 Å². The van der Waals surface area contributed by atoms with Crippen LogP contribution in [-0.2, 0) is 6.54 Å². The molecule has 0 spiro atoms. The molecule has 2 rings (SSSR count). The van der Waals surface area contributed by atoms with Crippen LogP contribution < -0.4 is 0 Å². The molecule has 1 aromatic heterocycles. The van der Waals surface area contributed by atoms with Crippen LogP contribution >= 0.6 is 0 Å². The van der Waals surface area contributed by atoms with Crippen LogP contribution in [0, 0.1) is 11.3 Å². The quantitative estimate of drug-likeness (QED) is 0.799. The van der Waals surface area contributed by atoms with Crippen molar-refractivity contribution >= 4 is 0 Å². The number of rotatable bonds is 3. The van der Waals surface area contributed by atoms with Crippen molar-refractivity contribution in [3.05, 3.63) is 35.7 Å². The lowest BCUT2D eigenvalue weighted by Crippen LogP contribution is -2.11. The predicted octanol–water partition coefficient (Wildman–Crippen LogP) is 1.67. The van der Waals surface area contributed by atoms with Crippen LogP contribution in [0.5, 0.6) is 0 Å². The summed E-state index contributed by atoms with van der Waals surface area (Å²) in [6, 6.07) is 9.11. The molecule has 0 N–H and O–H groups in total. The summed E-state index contributed by atoms with van der Waals surface area (Å²) in [4.78, 5) is 6.24. The predicted molar refractivity (Wildman–Crippen MR) is 61.8 cm³/mol. The van der Waals surface area contributed by atoms with E-state index in [1.807, 2.05) is 19.0 Å². The third-order valence-electron chi connectivity index (χ3n) is 2.19. The number of aromatic nitrogens is 2. The van der Waals surface area contributed by atoms with Gasteiger partial charge in [0.05, 0.1) is 18.2 Å². The fourth-order valence-electron chi connectivity index (χ4n) is 1.41. The first-order valence-electron chi connectivity index (χ1n) is 5.17. The van der Waals surface area contributed by atoms with E-state index >= 15 is 0 Å². The van der Waals surface area contributed by atoms with Gasteiger partial charge in [0.15, 0.2) is 5.82 Å². The van der Waals surface area contributed by atoms with Crippen molar-refractivity contribution in [2.45, 2.75) is 6.54 Å². The lowest BCUT2D eigenvalue weighted by atomic mass is 10.1. The Hall–Kier alpha value is -2.19. The van der Waals surface area contributed by atoms with Crippen LogP contribution in [0.25, 0.3) is 11.5 Å². The zero-order valence-corrected chi connectivity index (χ0v) is 9.71. The Kier molecular flexibility index (Phi) is 3.17. The van der Waals surface area contributed by atoms with Gasteiger partial charge in [-0.25, -0.2) is 0 Å². The van der Waals surface area contributed by atoms with E-state index in [4.69, 9.17) is 9.78 Å². The third-order valence-corrected chi connectivity index (χ3v) is 2.19. The Morgan fingerprint density at radius 3 is 2.59 bits per heavy atom. The highest BCUT2D eigenvalue weighted by atomic mass is 16.5. The van der Waals surface area contributed by atoms with E-state index in [-0.39, 0.29) is 0 Å². The van der Waals surface area contributed by atoms with Crippen LogP contribution in [0.15, 0.2) is 28.8 Å². The van der Waals surface area contributed by atoms with E-state index in [1.165, 1.54) is 0 Å². The molecule has 0 aliphatic carbocycles. The lowest BCUT2D eigenvalue weighted by Gasteiger charge is -2.03. The number of benzene rings is 1. The molecule has 0 saturated carbocycles. The molecule has 0 unspecified atom stereocenters. The summed E-state index contributed by atoms with van der Waals surface area (Å²) in [5.41, 5.74) is 1.43. The summed E-state index contributed by atoms with van der Waals surface area (Å²) in [6.07, 6.45) is 0. The van der Waals surface area contributed by atoms with Crippen molar-refractivity contribution in [1.29, 1.82) is 5.26 Å². The summed E-state index contributed by atoms with van der Waals surface area (Å²) < 4.78 is 5.15. The van der Waals surface area contributed by atoms with Crippen molar-refractivity contribution in [3.63, 3.8) is 0 Å². The van der Waals surface area contributed by atoms with Gasteiger partial charge in [-0.3, -0.25) is 0 Å². The Labute approximate surface area is 99.3 Å². The van der Waals surface area contributed by atoms with E-state index < -0.39 is 0 Å². The van der Waals surface area contributed by atoms with Crippen molar-refractivity contribution < 1.29 is 4.52 Å². The monoisotopic (exact) mass is 228 g/mol. The molecule has 17 heavy (non-hydrogen) atoms. The van der Waals surface area contributed by atoms with Gasteiger partial charge in [0, 0.05) is 5.56 Å². The highest BCUT2D eigenvalue weighted by Gasteiger charge is 2.09. The molecule has 0 radical (unpaired) electrons. The van der Waals surface area contributed by atoms with Gasteiger partial charge in [-0.05, 0) is 38.4 Å². The molecule has 0 atom stereocenters. The van der Waals surface area contributed by atoms with Crippen molar-refractivity contribution in [2.75, 3.05) is 14.1 Å². The summed E-state index contributed by atoms with van der Waals surface area (Å²) in [5, 5.41) is 12.6. The third kappa shape index (κ3) is 2.68. The zero-order valence-electron chi connectivity index (χ0n) is 9.71. The molecule has 0 aliphatic rings.